The third-order valence-electron chi connectivity index (χ3n) is 3.14. The van der Waals surface area contributed by atoms with Crippen LogP contribution in [0.15, 0.2) is 34.2 Å². The average Bonchev–Trinajstić information content (AvgIpc) is 2.54. The van der Waals surface area contributed by atoms with Crippen molar-refractivity contribution in [2.45, 2.75) is 19.8 Å². The molecule has 0 aliphatic carbocycles. The second-order valence-electron chi connectivity index (χ2n) is 5.16. The van der Waals surface area contributed by atoms with Crippen LogP contribution in [0.2, 0.25) is 0 Å². The van der Waals surface area contributed by atoms with Gasteiger partial charge in [-0.2, -0.15) is 5.10 Å². The van der Waals surface area contributed by atoms with Crippen LogP contribution < -0.4 is 20.5 Å². The Morgan fingerprint density at radius 3 is 2.61 bits per heavy atom. The smallest absolute Gasteiger partial charge is 0.252 e. The van der Waals surface area contributed by atoms with Gasteiger partial charge in [-0.3, -0.25) is 9.78 Å². The number of hydrazone groups is 1. The molecule has 2 rings (SSSR count). The predicted octanol–water partition coefficient (Wildman–Crippen LogP) is 2.36. The van der Waals surface area contributed by atoms with Gasteiger partial charge in [0, 0.05) is 6.07 Å². The fourth-order valence-electron chi connectivity index (χ4n) is 1.93. The molecule has 1 aromatic carbocycles. The molecule has 0 aliphatic rings. The van der Waals surface area contributed by atoms with E-state index in [9.17, 15) is 4.79 Å². The van der Waals surface area contributed by atoms with Crippen LogP contribution in [0, 0.1) is 0 Å². The Bertz CT molecular complexity index is 753. The predicted molar refractivity (Wildman–Crippen MR) is 89.7 cm³/mol. The molecule has 1 aromatic heterocycles. The number of rotatable bonds is 6. The summed E-state index contributed by atoms with van der Waals surface area (Å²) in [5.74, 6) is 1.73. The molecule has 0 amide bonds. The summed E-state index contributed by atoms with van der Waals surface area (Å²) in [6.45, 7) is 3.94. The highest BCUT2D eigenvalue weighted by Crippen LogP contribution is 2.26. The number of nitrogens with zero attached hydrogens (tertiary/aromatic N) is 2. The lowest BCUT2D eigenvalue weighted by Gasteiger charge is -2.07. The van der Waals surface area contributed by atoms with Crippen molar-refractivity contribution in [3.05, 3.63) is 45.9 Å². The molecule has 2 aromatic rings. The summed E-state index contributed by atoms with van der Waals surface area (Å²) < 4.78 is 10.4. The Labute approximate surface area is 134 Å². The lowest BCUT2D eigenvalue weighted by molar-refractivity contribution is 0.355. The van der Waals surface area contributed by atoms with Crippen LogP contribution in [0.1, 0.15) is 31.0 Å². The second-order valence-corrected chi connectivity index (χ2v) is 5.16. The Balaban J connectivity index is 2.14. The monoisotopic (exact) mass is 316 g/mol. The summed E-state index contributed by atoms with van der Waals surface area (Å²) >= 11 is 0. The molecule has 7 heteroatoms. The molecule has 0 fully saturated rings. The molecular formula is C16H20N4O3. The molecular weight excluding hydrogens is 296 g/mol. The molecule has 2 N–H and O–H groups in total. The lowest BCUT2D eigenvalue weighted by Crippen LogP contribution is -2.12. The molecule has 0 aliphatic heterocycles. The number of aromatic amines is 1. The molecule has 122 valence electrons. The quantitative estimate of drug-likeness (QED) is 0.631. The van der Waals surface area contributed by atoms with E-state index >= 15 is 0 Å². The van der Waals surface area contributed by atoms with E-state index in [0.717, 1.165) is 5.56 Å². The molecule has 0 saturated heterocycles. The van der Waals surface area contributed by atoms with Crippen LogP contribution in [0.3, 0.4) is 0 Å². The van der Waals surface area contributed by atoms with E-state index in [2.05, 4.69) is 20.5 Å². The minimum Gasteiger partial charge on any atom is -0.493 e. The number of hydrogen-bond acceptors (Lipinski definition) is 6. The highest BCUT2D eigenvalue weighted by atomic mass is 16.5. The van der Waals surface area contributed by atoms with Gasteiger partial charge in [0.2, 0.25) is 5.95 Å². The molecule has 7 nitrogen and oxygen atoms in total. The number of benzene rings is 1. The lowest BCUT2D eigenvalue weighted by atomic mass is 10.1. The van der Waals surface area contributed by atoms with Crippen molar-refractivity contribution in [1.29, 1.82) is 0 Å². The van der Waals surface area contributed by atoms with Gasteiger partial charge in [0.05, 0.1) is 26.1 Å². The third-order valence-corrected chi connectivity index (χ3v) is 3.14. The van der Waals surface area contributed by atoms with E-state index in [1.807, 2.05) is 19.9 Å². The summed E-state index contributed by atoms with van der Waals surface area (Å²) in [5, 5.41) is 4.08. The maximum Gasteiger partial charge on any atom is 0.252 e. The Kier molecular flexibility index (Phi) is 5.35. The number of methoxy groups -OCH3 is 2. The first kappa shape index (κ1) is 16.5. The minimum absolute atomic E-state index is 0.160. The van der Waals surface area contributed by atoms with Crippen LogP contribution in [0.5, 0.6) is 11.5 Å². The van der Waals surface area contributed by atoms with E-state index in [0.29, 0.717) is 23.1 Å². The van der Waals surface area contributed by atoms with Gasteiger partial charge in [0.25, 0.3) is 5.56 Å². The standard InChI is InChI=1S/C16H20N4O3/c1-10(2)12-8-15(21)19-16(18-12)20-17-9-11-5-6-13(22-3)14(7-11)23-4/h5-10H,1-4H3,(H2,18,19,20,21)/b17-9-. The maximum absolute atomic E-state index is 11.6. The van der Waals surface area contributed by atoms with Gasteiger partial charge in [0.1, 0.15) is 0 Å². The van der Waals surface area contributed by atoms with Crippen molar-refractivity contribution in [3.63, 3.8) is 0 Å². The first-order valence-electron chi connectivity index (χ1n) is 7.16. The zero-order valence-electron chi connectivity index (χ0n) is 13.6. The van der Waals surface area contributed by atoms with Crippen molar-refractivity contribution >= 4 is 12.2 Å². The molecule has 0 atom stereocenters. The number of H-pyrrole nitrogens is 1. The van der Waals surface area contributed by atoms with E-state index < -0.39 is 0 Å². The molecule has 0 spiro atoms. The summed E-state index contributed by atoms with van der Waals surface area (Å²) in [6, 6.07) is 6.91. The van der Waals surface area contributed by atoms with Crippen LogP contribution in [0.25, 0.3) is 0 Å². The van der Waals surface area contributed by atoms with Gasteiger partial charge in [-0.05, 0) is 29.7 Å². The van der Waals surface area contributed by atoms with Crippen LogP contribution in [-0.2, 0) is 0 Å². The van der Waals surface area contributed by atoms with E-state index in [4.69, 9.17) is 9.47 Å². The maximum atomic E-state index is 11.6. The zero-order chi connectivity index (χ0) is 16.8. The van der Waals surface area contributed by atoms with Crippen molar-refractivity contribution in [2.75, 3.05) is 19.6 Å². The second kappa shape index (κ2) is 7.44. The summed E-state index contributed by atoms with van der Waals surface area (Å²) in [5.41, 5.74) is 4.03. The van der Waals surface area contributed by atoms with Crippen molar-refractivity contribution in [1.82, 2.24) is 9.97 Å². The van der Waals surface area contributed by atoms with Crippen molar-refractivity contribution in [2.24, 2.45) is 5.10 Å². The van der Waals surface area contributed by atoms with Gasteiger partial charge in [-0.1, -0.05) is 13.8 Å². The minimum atomic E-state index is -0.215. The van der Waals surface area contributed by atoms with Gasteiger partial charge >= 0.3 is 0 Å². The zero-order valence-corrected chi connectivity index (χ0v) is 13.6. The largest absolute Gasteiger partial charge is 0.493 e. The van der Waals surface area contributed by atoms with Gasteiger partial charge < -0.3 is 9.47 Å². The fourth-order valence-corrected chi connectivity index (χ4v) is 1.93. The number of anilines is 1. The molecule has 23 heavy (non-hydrogen) atoms. The van der Waals surface area contributed by atoms with E-state index in [-0.39, 0.29) is 11.5 Å². The van der Waals surface area contributed by atoms with Crippen molar-refractivity contribution in [3.8, 4) is 11.5 Å². The number of aromatic nitrogens is 2. The molecule has 0 unspecified atom stereocenters. The fraction of sp³-hybridized carbons (Fsp3) is 0.312. The Morgan fingerprint density at radius 1 is 1.22 bits per heavy atom. The first-order valence-corrected chi connectivity index (χ1v) is 7.16. The summed E-state index contributed by atoms with van der Waals surface area (Å²) in [4.78, 5) is 18.5. The summed E-state index contributed by atoms with van der Waals surface area (Å²) in [6.07, 6.45) is 1.60. The van der Waals surface area contributed by atoms with E-state index in [1.54, 1.807) is 32.6 Å². The topological polar surface area (TPSA) is 88.6 Å². The average molecular weight is 316 g/mol. The van der Waals surface area contributed by atoms with Crippen LogP contribution in [-0.4, -0.2) is 30.4 Å². The summed E-state index contributed by atoms with van der Waals surface area (Å²) in [7, 11) is 3.15. The Hall–Kier alpha value is -2.83. The molecule has 0 bridgehead atoms. The third kappa shape index (κ3) is 4.32. The first-order chi connectivity index (χ1) is 11.0. The number of nitrogens with one attached hydrogen (secondary N) is 2. The highest BCUT2D eigenvalue weighted by molar-refractivity contribution is 5.81. The normalized spacial score (nSPS) is 11.0. The molecule has 0 radical (unpaired) electrons. The number of ether oxygens (including phenoxy) is 2. The molecule has 1 heterocycles. The van der Waals surface area contributed by atoms with Gasteiger partial charge in [0.15, 0.2) is 11.5 Å². The van der Waals surface area contributed by atoms with Gasteiger partial charge in [-0.25, -0.2) is 10.4 Å². The van der Waals surface area contributed by atoms with E-state index in [1.165, 1.54) is 6.07 Å². The number of hydrogen-bond donors (Lipinski definition) is 2. The van der Waals surface area contributed by atoms with Gasteiger partial charge in [-0.15, -0.1) is 0 Å². The molecule has 0 saturated carbocycles. The SMILES string of the molecule is COc1ccc(/C=N\Nc2nc(C(C)C)cc(=O)[nH]2)cc1OC. The van der Waals surface area contributed by atoms with Crippen LogP contribution in [0.4, 0.5) is 5.95 Å². The van der Waals surface area contributed by atoms with Crippen LogP contribution >= 0.6 is 0 Å². The van der Waals surface area contributed by atoms with Crippen molar-refractivity contribution < 1.29 is 9.47 Å². The Morgan fingerprint density at radius 2 is 1.96 bits per heavy atom. The highest BCUT2D eigenvalue weighted by Gasteiger charge is 2.05.